The normalized spacial score (nSPS) is 22.8. The van der Waals surface area contributed by atoms with Crippen molar-refractivity contribution in [3.63, 3.8) is 0 Å². The zero-order valence-electron chi connectivity index (χ0n) is 12.7. The van der Waals surface area contributed by atoms with Crippen molar-refractivity contribution in [2.75, 3.05) is 33.3 Å². The fraction of sp³-hybridized carbons (Fsp3) is 0.588. The average molecular weight is 288 g/mol. The Morgan fingerprint density at radius 2 is 2.05 bits per heavy atom. The highest BCUT2D eigenvalue weighted by atomic mass is 16.5. The second-order valence-corrected chi connectivity index (χ2v) is 6.29. The highest BCUT2D eigenvalue weighted by molar-refractivity contribution is 5.82. The summed E-state index contributed by atoms with van der Waals surface area (Å²) in [5.41, 5.74) is 0.316. The maximum atomic E-state index is 12.5. The lowest BCUT2D eigenvalue weighted by atomic mass is 9.91. The van der Waals surface area contributed by atoms with Crippen molar-refractivity contribution in [1.29, 1.82) is 0 Å². The van der Waals surface area contributed by atoms with E-state index in [2.05, 4.69) is 5.32 Å². The number of carbonyl (C=O) groups excluding carboxylic acids is 1. The second-order valence-electron chi connectivity index (χ2n) is 6.29. The van der Waals surface area contributed by atoms with Gasteiger partial charge in [0.15, 0.2) is 0 Å². The Labute approximate surface area is 126 Å². The third kappa shape index (κ3) is 3.21. The molecule has 21 heavy (non-hydrogen) atoms. The molecular weight excluding hydrogens is 264 g/mol. The molecule has 1 spiro atoms. The van der Waals surface area contributed by atoms with Gasteiger partial charge in [-0.05, 0) is 49.9 Å². The fourth-order valence-corrected chi connectivity index (χ4v) is 3.37. The first-order valence-corrected chi connectivity index (χ1v) is 7.85. The van der Waals surface area contributed by atoms with Gasteiger partial charge in [-0.1, -0.05) is 18.2 Å². The third-order valence-electron chi connectivity index (χ3n) is 4.90. The smallest absolute Gasteiger partial charge is 0.226 e. The molecular formula is C17H24N2O2. The standard InChI is InChI=1S/C17H24N2O2/c1-19(11-12-21-14-5-3-2-4-6-14)16(20)15-13-17(15)7-9-18-10-8-17/h2-6,15,18H,7-13H2,1H3. The molecule has 1 aliphatic heterocycles. The minimum atomic E-state index is 0.251. The summed E-state index contributed by atoms with van der Waals surface area (Å²) in [6.07, 6.45) is 3.38. The van der Waals surface area contributed by atoms with Gasteiger partial charge in [-0.2, -0.15) is 0 Å². The summed E-state index contributed by atoms with van der Waals surface area (Å²) in [5.74, 6) is 1.41. The molecule has 4 nitrogen and oxygen atoms in total. The Hall–Kier alpha value is -1.55. The Bertz CT molecular complexity index is 483. The number of likely N-dealkylation sites (N-methyl/N-ethyl adjacent to an activating group) is 1. The molecule has 4 heteroatoms. The number of rotatable bonds is 5. The number of para-hydroxylation sites is 1. The highest BCUT2D eigenvalue weighted by Crippen LogP contribution is 2.59. The molecule has 0 aromatic heterocycles. The van der Waals surface area contributed by atoms with Crippen LogP contribution in [0.1, 0.15) is 19.3 Å². The summed E-state index contributed by atoms with van der Waals surface area (Å²) in [7, 11) is 1.89. The van der Waals surface area contributed by atoms with Crippen molar-refractivity contribution >= 4 is 5.91 Å². The number of piperidine rings is 1. The van der Waals surface area contributed by atoms with Crippen molar-refractivity contribution in [3.8, 4) is 5.75 Å². The van der Waals surface area contributed by atoms with Crippen LogP contribution in [0, 0.1) is 11.3 Å². The number of ether oxygens (including phenoxy) is 1. The van der Waals surface area contributed by atoms with Crippen LogP contribution in [0.4, 0.5) is 0 Å². The van der Waals surface area contributed by atoms with E-state index in [1.807, 2.05) is 42.3 Å². The monoisotopic (exact) mass is 288 g/mol. The predicted molar refractivity (Wildman–Crippen MR) is 82.2 cm³/mol. The van der Waals surface area contributed by atoms with Crippen LogP contribution < -0.4 is 10.1 Å². The maximum absolute atomic E-state index is 12.5. The molecule has 1 N–H and O–H groups in total. The summed E-state index contributed by atoms with van der Waals surface area (Å²) in [5, 5.41) is 3.38. The molecule has 1 aliphatic carbocycles. The molecule has 1 saturated carbocycles. The van der Waals surface area contributed by atoms with Crippen molar-refractivity contribution in [3.05, 3.63) is 30.3 Å². The van der Waals surface area contributed by atoms with E-state index in [1.165, 1.54) is 0 Å². The van der Waals surface area contributed by atoms with E-state index in [9.17, 15) is 4.79 Å². The number of hydrogen-bond acceptors (Lipinski definition) is 3. The van der Waals surface area contributed by atoms with Crippen molar-refractivity contribution in [2.45, 2.75) is 19.3 Å². The van der Waals surface area contributed by atoms with Gasteiger partial charge in [0.25, 0.3) is 0 Å². The quantitative estimate of drug-likeness (QED) is 0.900. The summed E-state index contributed by atoms with van der Waals surface area (Å²) >= 11 is 0. The Kier molecular flexibility index (Phi) is 4.15. The van der Waals surface area contributed by atoms with Gasteiger partial charge in [0, 0.05) is 13.0 Å². The van der Waals surface area contributed by atoms with Crippen LogP contribution >= 0.6 is 0 Å². The zero-order chi connectivity index (χ0) is 14.7. The Morgan fingerprint density at radius 1 is 1.33 bits per heavy atom. The first-order chi connectivity index (χ1) is 10.2. The highest BCUT2D eigenvalue weighted by Gasteiger charge is 2.58. The summed E-state index contributed by atoms with van der Waals surface area (Å²) in [6.45, 7) is 3.32. The largest absolute Gasteiger partial charge is 0.492 e. The van der Waals surface area contributed by atoms with Crippen LogP contribution in [-0.2, 0) is 4.79 Å². The SMILES string of the molecule is CN(CCOc1ccccc1)C(=O)C1CC12CCNCC2. The number of amides is 1. The van der Waals surface area contributed by atoms with Gasteiger partial charge in [0.05, 0.1) is 6.54 Å². The van der Waals surface area contributed by atoms with Gasteiger partial charge >= 0.3 is 0 Å². The lowest BCUT2D eigenvalue weighted by Gasteiger charge is -2.25. The predicted octanol–water partition coefficient (Wildman–Crippen LogP) is 1.91. The van der Waals surface area contributed by atoms with Crippen LogP contribution in [0.2, 0.25) is 0 Å². The van der Waals surface area contributed by atoms with Gasteiger partial charge in [0.2, 0.25) is 5.91 Å². The van der Waals surface area contributed by atoms with E-state index >= 15 is 0 Å². The summed E-state index contributed by atoms with van der Waals surface area (Å²) < 4.78 is 5.66. The summed E-state index contributed by atoms with van der Waals surface area (Å²) in [6, 6.07) is 9.75. The molecule has 1 unspecified atom stereocenters. The van der Waals surface area contributed by atoms with Crippen LogP contribution in [0.5, 0.6) is 5.75 Å². The second kappa shape index (κ2) is 6.06. The lowest BCUT2D eigenvalue weighted by Crippen LogP contribution is -2.36. The molecule has 0 radical (unpaired) electrons. The van der Waals surface area contributed by atoms with E-state index in [0.717, 1.165) is 38.1 Å². The van der Waals surface area contributed by atoms with Crippen molar-refractivity contribution < 1.29 is 9.53 Å². The van der Waals surface area contributed by atoms with E-state index in [0.29, 0.717) is 24.5 Å². The average Bonchev–Trinajstić information content (AvgIpc) is 3.21. The van der Waals surface area contributed by atoms with Crippen molar-refractivity contribution in [1.82, 2.24) is 10.2 Å². The van der Waals surface area contributed by atoms with E-state index in [4.69, 9.17) is 4.74 Å². The molecule has 2 aliphatic rings. The molecule has 1 aromatic rings. The van der Waals surface area contributed by atoms with Crippen molar-refractivity contribution in [2.24, 2.45) is 11.3 Å². The van der Waals surface area contributed by atoms with Crippen LogP contribution in [0.15, 0.2) is 30.3 Å². The topological polar surface area (TPSA) is 41.6 Å². The minimum Gasteiger partial charge on any atom is -0.492 e. The molecule has 1 atom stereocenters. The van der Waals surface area contributed by atoms with E-state index in [-0.39, 0.29) is 5.92 Å². The van der Waals surface area contributed by atoms with E-state index in [1.54, 1.807) is 0 Å². The number of nitrogens with one attached hydrogen (secondary N) is 1. The Balaban J connectivity index is 1.43. The first-order valence-electron chi connectivity index (χ1n) is 7.85. The molecule has 2 fully saturated rings. The molecule has 1 heterocycles. The number of nitrogens with zero attached hydrogens (tertiary/aromatic N) is 1. The zero-order valence-corrected chi connectivity index (χ0v) is 12.7. The molecule has 0 bridgehead atoms. The number of hydrogen-bond donors (Lipinski definition) is 1. The van der Waals surface area contributed by atoms with Gasteiger partial charge < -0.3 is 15.0 Å². The molecule has 1 amide bonds. The van der Waals surface area contributed by atoms with Gasteiger partial charge in [-0.3, -0.25) is 4.79 Å². The third-order valence-corrected chi connectivity index (χ3v) is 4.90. The van der Waals surface area contributed by atoms with E-state index < -0.39 is 0 Å². The van der Waals surface area contributed by atoms with Crippen LogP contribution in [0.25, 0.3) is 0 Å². The first kappa shape index (κ1) is 14.4. The maximum Gasteiger partial charge on any atom is 0.226 e. The number of carbonyl (C=O) groups is 1. The van der Waals surface area contributed by atoms with Crippen LogP contribution in [0.3, 0.4) is 0 Å². The van der Waals surface area contributed by atoms with Gasteiger partial charge in [-0.15, -0.1) is 0 Å². The Morgan fingerprint density at radius 3 is 2.76 bits per heavy atom. The van der Waals surface area contributed by atoms with Gasteiger partial charge in [0.1, 0.15) is 12.4 Å². The minimum absolute atomic E-state index is 0.251. The molecule has 114 valence electrons. The van der Waals surface area contributed by atoms with Crippen LogP contribution in [-0.4, -0.2) is 44.1 Å². The van der Waals surface area contributed by atoms with Gasteiger partial charge in [-0.25, -0.2) is 0 Å². The molecule has 1 saturated heterocycles. The molecule has 1 aromatic carbocycles. The fourth-order valence-electron chi connectivity index (χ4n) is 3.37. The molecule has 3 rings (SSSR count). The number of benzene rings is 1. The summed E-state index contributed by atoms with van der Waals surface area (Å²) in [4.78, 5) is 14.3. The lowest BCUT2D eigenvalue weighted by molar-refractivity contribution is -0.132.